The summed E-state index contributed by atoms with van der Waals surface area (Å²) in [6.45, 7) is 0.644. The number of likely N-dealkylation sites (tertiary alicyclic amines) is 1. The molecule has 3 aliphatic carbocycles. The number of halogens is 1. The van der Waals surface area contributed by atoms with E-state index in [9.17, 15) is 14.7 Å². The third-order valence-corrected chi connectivity index (χ3v) is 7.90. The van der Waals surface area contributed by atoms with Crippen molar-refractivity contribution in [1.29, 1.82) is 0 Å². The highest BCUT2D eigenvalue weighted by Crippen LogP contribution is 2.74. The molecule has 148 valence electrons. The average molecular weight is 398 g/mol. The van der Waals surface area contributed by atoms with Gasteiger partial charge in [-0.2, -0.15) is 0 Å². The van der Waals surface area contributed by atoms with Crippen molar-refractivity contribution in [2.75, 3.05) is 34.9 Å². The minimum Gasteiger partial charge on any atom is -0.498 e. The maximum absolute atomic E-state index is 13.3. The summed E-state index contributed by atoms with van der Waals surface area (Å²) < 4.78 is 16.4. The van der Waals surface area contributed by atoms with E-state index >= 15 is 0 Å². The van der Waals surface area contributed by atoms with Gasteiger partial charge >= 0.3 is 0 Å². The summed E-state index contributed by atoms with van der Waals surface area (Å²) in [5.41, 5.74) is -3.05. The number of ketones is 2. The van der Waals surface area contributed by atoms with Gasteiger partial charge in [0.1, 0.15) is 11.9 Å². The van der Waals surface area contributed by atoms with Crippen LogP contribution in [0, 0.1) is 10.8 Å². The van der Waals surface area contributed by atoms with Crippen molar-refractivity contribution in [3.63, 3.8) is 0 Å². The van der Waals surface area contributed by atoms with E-state index in [0.29, 0.717) is 25.1 Å². The first-order chi connectivity index (χ1) is 12.8. The van der Waals surface area contributed by atoms with Crippen LogP contribution in [0.25, 0.3) is 0 Å². The summed E-state index contributed by atoms with van der Waals surface area (Å²) in [7, 11) is 6.29. The molecule has 4 rings (SSSR count). The van der Waals surface area contributed by atoms with E-state index in [1.807, 2.05) is 7.05 Å². The van der Waals surface area contributed by atoms with Crippen LogP contribution in [0.2, 0.25) is 0 Å². The van der Waals surface area contributed by atoms with Gasteiger partial charge in [0.2, 0.25) is 11.5 Å². The molecule has 0 aromatic heterocycles. The largest absolute Gasteiger partial charge is 0.498 e. The van der Waals surface area contributed by atoms with E-state index in [1.165, 1.54) is 27.4 Å². The molecule has 5 atom stereocenters. The molecule has 27 heavy (non-hydrogen) atoms. The Hall–Kier alpha value is -1.57. The molecule has 1 saturated heterocycles. The SMILES string of the molecule is COC1=CC(=O)C2(C(Cl)CC34C(OC)=C(OC)C(=O)CC23CCN4C)[C@@H]1O. The summed E-state index contributed by atoms with van der Waals surface area (Å²) in [5.74, 6) is 0.236. The van der Waals surface area contributed by atoms with Gasteiger partial charge in [0.25, 0.3) is 0 Å². The van der Waals surface area contributed by atoms with Gasteiger partial charge in [-0.15, -0.1) is 11.6 Å². The quantitative estimate of drug-likeness (QED) is 0.711. The molecule has 1 spiro atoms. The van der Waals surface area contributed by atoms with E-state index < -0.39 is 27.8 Å². The third-order valence-electron chi connectivity index (χ3n) is 7.40. The second-order valence-electron chi connectivity index (χ2n) is 7.84. The minimum absolute atomic E-state index is 0.0597. The number of allylic oxidation sites excluding steroid dienone is 2. The fourth-order valence-electron chi connectivity index (χ4n) is 6.42. The van der Waals surface area contributed by atoms with Crippen LogP contribution in [-0.4, -0.2) is 73.5 Å². The first kappa shape index (κ1) is 18.8. The number of carbonyl (C=O) groups excluding carboxylic acids is 2. The molecule has 0 aromatic carbocycles. The monoisotopic (exact) mass is 397 g/mol. The Bertz CT molecular complexity index is 793. The molecule has 1 aliphatic heterocycles. The van der Waals surface area contributed by atoms with Gasteiger partial charge in [0.05, 0.1) is 37.7 Å². The van der Waals surface area contributed by atoms with Crippen molar-refractivity contribution in [3.8, 4) is 0 Å². The Kier molecular flexibility index (Phi) is 3.98. The second-order valence-corrected chi connectivity index (χ2v) is 8.37. The van der Waals surface area contributed by atoms with Crippen LogP contribution in [0.1, 0.15) is 19.3 Å². The van der Waals surface area contributed by atoms with E-state index in [-0.39, 0.29) is 29.5 Å². The molecule has 2 fully saturated rings. The number of nitrogens with zero attached hydrogens (tertiary/aromatic N) is 1. The molecular formula is C19H24ClNO6. The van der Waals surface area contributed by atoms with Gasteiger partial charge in [-0.05, 0) is 26.4 Å². The topological polar surface area (TPSA) is 85.3 Å². The van der Waals surface area contributed by atoms with Crippen molar-refractivity contribution in [3.05, 3.63) is 23.4 Å². The van der Waals surface area contributed by atoms with E-state index in [2.05, 4.69) is 4.90 Å². The number of ether oxygens (including phenoxy) is 3. The maximum Gasteiger partial charge on any atom is 0.201 e. The molecule has 0 aromatic rings. The number of alkyl halides is 1. The third kappa shape index (κ3) is 1.72. The Morgan fingerprint density at radius 1 is 1.22 bits per heavy atom. The lowest BCUT2D eigenvalue weighted by atomic mass is 9.52. The van der Waals surface area contributed by atoms with Gasteiger partial charge in [-0.3, -0.25) is 14.5 Å². The van der Waals surface area contributed by atoms with Crippen molar-refractivity contribution >= 4 is 23.2 Å². The highest BCUT2D eigenvalue weighted by Gasteiger charge is 2.83. The Labute approximate surface area is 162 Å². The summed E-state index contributed by atoms with van der Waals surface area (Å²) in [6, 6.07) is 0. The molecule has 0 amide bonds. The van der Waals surface area contributed by atoms with Crippen LogP contribution < -0.4 is 0 Å². The van der Waals surface area contributed by atoms with Crippen LogP contribution >= 0.6 is 11.6 Å². The molecule has 1 N–H and O–H groups in total. The molecule has 0 bridgehead atoms. The average Bonchev–Trinajstić information content (AvgIpc) is 3.15. The highest BCUT2D eigenvalue weighted by molar-refractivity contribution is 6.25. The maximum atomic E-state index is 13.3. The Morgan fingerprint density at radius 3 is 2.48 bits per heavy atom. The normalized spacial score (nSPS) is 43.9. The summed E-state index contributed by atoms with van der Waals surface area (Å²) in [5, 5.41) is 10.5. The van der Waals surface area contributed by atoms with Gasteiger partial charge in [-0.25, -0.2) is 0 Å². The van der Waals surface area contributed by atoms with E-state index in [4.69, 9.17) is 25.8 Å². The fourth-order valence-corrected chi connectivity index (χ4v) is 7.08. The summed E-state index contributed by atoms with van der Waals surface area (Å²) in [4.78, 5) is 28.4. The Morgan fingerprint density at radius 2 is 1.93 bits per heavy atom. The molecule has 8 heteroatoms. The van der Waals surface area contributed by atoms with Crippen LogP contribution in [0.3, 0.4) is 0 Å². The van der Waals surface area contributed by atoms with Crippen molar-refractivity contribution in [1.82, 2.24) is 4.90 Å². The van der Waals surface area contributed by atoms with Gasteiger partial charge in [0.15, 0.2) is 11.5 Å². The molecular weight excluding hydrogens is 374 g/mol. The summed E-state index contributed by atoms with van der Waals surface area (Å²) in [6.07, 6.45) is 1.08. The molecule has 4 aliphatic rings. The van der Waals surface area contributed by atoms with Crippen LogP contribution in [0.15, 0.2) is 23.4 Å². The zero-order chi connectivity index (χ0) is 19.8. The first-order valence-corrected chi connectivity index (χ1v) is 9.41. The zero-order valence-electron chi connectivity index (χ0n) is 15.9. The number of Topliss-reactive ketones (excluding diaryl/α,β-unsaturated/α-hetero) is 1. The molecule has 1 heterocycles. The minimum atomic E-state index is -1.34. The predicted molar refractivity (Wildman–Crippen MR) is 95.9 cm³/mol. The van der Waals surface area contributed by atoms with E-state index in [1.54, 1.807) is 0 Å². The zero-order valence-corrected chi connectivity index (χ0v) is 16.6. The van der Waals surface area contributed by atoms with Crippen molar-refractivity contribution in [2.45, 2.75) is 36.3 Å². The molecule has 0 radical (unpaired) electrons. The van der Waals surface area contributed by atoms with Crippen molar-refractivity contribution in [2.24, 2.45) is 10.8 Å². The van der Waals surface area contributed by atoms with Crippen LogP contribution in [0.4, 0.5) is 0 Å². The number of rotatable bonds is 3. The lowest BCUT2D eigenvalue weighted by molar-refractivity contribution is -0.148. The number of methoxy groups -OCH3 is 3. The summed E-state index contributed by atoms with van der Waals surface area (Å²) >= 11 is 6.85. The Balaban J connectivity index is 2.04. The number of carbonyl (C=O) groups is 2. The van der Waals surface area contributed by atoms with Gasteiger partial charge in [-0.1, -0.05) is 0 Å². The number of hydrogen-bond donors (Lipinski definition) is 1. The van der Waals surface area contributed by atoms with Crippen molar-refractivity contribution < 1.29 is 28.9 Å². The lowest BCUT2D eigenvalue weighted by Gasteiger charge is -2.53. The van der Waals surface area contributed by atoms with Gasteiger partial charge < -0.3 is 19.3 Å². The van der Waals surface area contributed by atoms with Crippen LogP contribution in [-0.2, 0) is 23.8 Å². The van der Waals surface area contributed by atoms with Crippen LogP contribution in [0.5, 0.6) is 0 Å². The van der Waals surface area contributed by atoms with Gasteiger partial charge in [0, 0.05) is 17.9 Å². The number of aliphatic hydroxyl groups is 1. The molecule has 7 nitrogen and oxygen atoms in total. The lowest BCUT2D eigenvalue weighted by Crippen LogP contribution is -2.63. The highest BCUT2D eigenvalue weighted by atomic mass is 35.5. The first-order valence-electron chi connectivity index (χ1n) is 8.97. The smallest absolute Gasteiger partial charge is 0.201 e. The standard InChI is InChI=1S/C19H24ClNO6/c1-21-6-5-17-8-10(22)14(26-3)16(27-4)18(17,21)9-12(20)19(17)13(23)7-11(25-2)15(19)24/h7,12,15,24H,5-6,8-9H2,1-4H3/t12?,15-,17?,18?,19?/m1/s1. The second kappa shape index (κ2) is 5.72. The van der Waals surface area contributed by atoms with E-state index in [0.717, 1.165) is 0 Å². The number of hydrogen-bond acceptors (Lipinski definition) is 7. The number of likely N-dealkylation sites (N-methyl/N-ethyl adjacent to an activating group) is 1. The molecule has 1 saturated carbocycles. The fraction of sp³-hybridized carbons (Fsp3) is 0.684. The number of aliphatic hydroxyl groups excluding tert-OH is 1. The molecule has 4 unspecified atom stereocenters. The predicted octanol–water partition coefficient (Wildman–Crippen LogP) is 0.996.